The van der Waals surface area contributed by atoms with Crippen molar-refractivity contribution in [3.05, 3.63) is 0 Å². The molecule has 0 saturated heterocycles. The number of nitrogens with zero attached hydrogens (tertiary/aromatic N) is 1. The van der Waals surface area contributed by atoms with Crippen molar-refractivity contribution in [1.82, 2.24) is 5.43 Å². The summed E-state index contributed by atoms with van der Waals surface area (Å²) in [7, 11) is 0. The maximum absolute atomic E-state index is 5.37. The van der Waals surface area contributed by atoms with Crippen molar-refractivity contribution in [3.8, 4) is 0 Å². The SMILES string of the molecule is CCCN=C(NN)C(C)C(C)C. The molecule has 0 aromatic rings. The molecule has 12 heavy (non-hydrogen) atoms. The summed E-state index contributed by atoms with van der Waals surface area (Å²) in [6.45, 7) is 9.44. The lowest BCUT2D eigenvalue weighted by molar-refractivity contribution is 0.517. The second kappa shape index (κ2) is 6.00. The van der Waals surface area contributed by atoms with Crippen molar-refractivity contribution in [2.45, 2.75) is 34.1 Å². The van der Waals surface area contributed by atoms with E-state index in [-0.39, 0.29) is 0 Å². The van der Waals surface area contributed by atoms with Crippen LogP contribution < -0.4 is 11.3 Å². The summed E-state index contributed by atoms with van der Waals surface area (Å²) in [5.74, 6) is 7.29. The summed E-state index contributed by atoms with van der Waals surface area (Å²) in [5, 5.41) is 0. The average Bonchev–Trinajstić information content (AvgIpc) is 2.05. The fourth-order valence-electron chi connectivity index (χ4n) is 0.869. The number of rotatable bonds is 4. The molecule has 1 unspecified atom stereocenters. The zero-order valence-electron chi connectivity index (χ0n) is 8.59. The first-order valence-electron chi connectivity index (χ1n) is 4.64. The Morgan fingerprint density at radius 2 is 2.00 bits per heavy atom. The smallest absolute Gasteiger partial charge is 0.113 e. The van der Waals surface area contributed by atoms with Crippen molar-refractivity contribution in [2.24, 2.45) is 22.7 Å². The van der Waals surface area contributed by atoms with E-state index in [1.165, 1.54) is 0 Å². The summed E-state index contributed by atoms with van der Waals surface area (Å²) < 4.78 is 0. The van der Waals surface area contributed by atoms with E-state index in [0.717, 1.165) is 18.8 Å². The Bertz CT molecular complexity index is 141. The molecular weight excluding hydrogens is 150 g/mol. The molecule has 3 nitrogen and oxygen atoms in total. The lowest BCUT2D eigenvalue weighted by Gasteiger charge is -2.17. The zero-order chi connectivity index (χ0) is 9.56. The van der Waals surface area contributed by atoms with Gasteiger partial charge in [0.15, 0.2) is 0 Å². The van der Waals surface area contributed by atoms with Crippen LogP contribution in [0, 0.1) is 11.8 Å². The molecule has 0 amide bonds. The molecule has 0 aliphatic heterocycles. The van der Waals surface area contributed by atoms with Gasteiger partial charge in [-0.2, -0.15) is 0 Å². The molecule has 72 valence electrons. The van der Waals surface area contributed by atoms with Crippen LogP contribution in [0.4, 0.5) is 0 Å². The van der Waals surface area contributed by atoms with E-state index >= 15 is 0 Å². The maximum atomic E-state index is 5.37. The molecule has 1 atom stereocenters. The maximum Gasteiger partial charge on any atom is 0.113 e. The second-order valence-corrected chi connectivity index (χ2v) is 3.44. The highest BCUT2D eigenvalue weighted by atomic mass is 15.3. The van der Waals surface area contributed by atoms with Crippen molar-refractivity contribution < 1.29 is 0 Å². The van der Waals surface area contributed by atoms with Crippen molar-refractivity contribution in [3.63, 3.8) is 0 Å². The van der Waals surface area contributed by atoms with Crippen LogP contribution in [0.15, 0.2) is 4.99 Å². The van der Waals surface area contributed by atoms with Gasteiger partial charge in [-0.1, -0.05) is 27.7 Å². The summed E-state index contributed by atoms with van der Waals surface area (Å²) >= 11 is 0. The third-order valence-corrected chi connectivity index (χ3v) is 2.08. The van der Waals surface area contributed by atoms with Gasteiger partial charge in [0, 0.05) is 12.5 Å². The molecule has 0 aliphatic rings. The number of hydrogen-bond donors (Lipinski definition) is 2. The van der Waals surface area contributed by atoms with E-state index in [9.17, 15) is 0 Å². The third-order valence-electron chi connectivity index (χ3n) is 2.08. The van der Waals surface area contributed by atoms with Gasteiger partial charge in [0.05, 0.1) is 0 Å². The molecule has 0 bridgehead atoms. The Kier molecular flexibility index (Phi) is 5.72. The third kappa shape index (κ3) is 3.72. The molecule has 3 N–H and O–H groups in total. The predicted octanol–water partition coefficient (Wildman–Crippen LogP) is 1.55. The van der Waals surface area contributed by atoms with Crippen LogP contribution in [0.3, 0.4) is 0 Å². The fourth-order valence-corrected chi connectivity index (χ4v) is 0.869. The van der Waals surface area contributed by atoms with E-state index in [0.29, 0.717) is 11.8 Å². The molecule has 0 fully saturated rings. The van der Waals surface area contributed by atoms with Gasteiger partial charge in [0.1, 0.15) is 5.84 Å². The van der Waals surface area contributed by atoms with Crippen LogP contribution in [0.2, 0.25) is 0 Å². The van der Waals surface area contributed by atoms with Crippen molar-refractivity contribution in [2.75, 3.05) is 6.54 Å². The van der Waals surface area contributed by atoms with Gasteiger partial charge in [0.2, 0.25) is 0 Å². The quantitative estimate of drug-likeness (QED) is 0.292. The first kappa shape index (κ1) is 11.4. The summed E-state index contributed by atoms with van der Waals surface area (Å²) in [4.78, 5) is 4.36. The van der Waals surface area contributed by atoms with Crippen molar-refractivity contribution >= 4 is 5.84 Å². The number of nitrogens with one attached hydrogen (secondary N) is 1. The molecule has 0 aromatic heterocycles. The minimum Gasteiger partial charge on any atom is -0.312 e. The molecule has 0 spiro atoms. The Balaban J connectivity index is 4.13. The minimum absolute atomic E-state index is 0.418. The normalized spacial score (nSPS) is 15.0. The summed E-state index contributed by atoms with van der Waals surface area (Å²) in [6.07, 6.45) is 1.07. The number of aliphatic imine (C=N–C) groups is 1. The van der Waals surface area contributed by atoms with E-state index in [1.54, 1.807) is 0 Å². The number of amidine groups is 1. The van der Waals surface area contributed by atoms with Crippen molar-refractivity contribution in [1.29, 1.82) is 0 Å². The van der Waals surface area contributed by atoms with E-state index < -0.39 is 0 Å². The van der Waals surface area contributed by atoms with Gasteiger partial charge in [-0.15, -0.1) is 0 Å². The Morgan fingerprint density at radius 1 is 1.42 bits per heavy atom. The highest BCUT2D eigenvalue weighted by molar-refractivity contribution is 5.83. The lowest BCUT2D eigenvalue weighted by Crippen LogP contribution is -2.37. The standard InChI is InChI=1S/C9H21N3/c1-5-6-11-9(12-10)8(4)7(2)3/h7-8H,5-6,10H2,1-4H3,(H,11,12). The Labute approximate surface area is 75.4 Å². The molecular formula is C9H21N3. The van der Waals surface area contributed by atoms with Gasteiger partial charge in [-0.25, -0.2) is 5.84 Å². The first-order valence-corrected chi connectivity index (χ1v) is 4.64. The van der Waals surface area contributed by atoms with Gasteiger partial charge < -0.3 is 5.43 Å². The van der Waals surface area contributed by atoms with Gasteiger partial charge in [0.25, 0.3) is 0 Å². The van der Waals surface area contributed by atoms with Crippen LogP contribution in [0.1, 0.15) is 34.1 Å². The number of hydrogen-bond acceptors (Lipinski definition) is 2. The van der Waals surface area contributed by atoms with Gasteiger partial charge in [-0.3, -0.25) is 4.99 Å². The highest BCUT2D eigenvalue weighted by Crippen LogP contribution is 2.10. The molecule has 0 aromatic carbocycles. The van der Waals surface area contributed by atoms with E-state index in [2.05, 4.69) is 38.1 Å². The predicted molar refractivity (Wildman–Crippen MR) is 53.9 cm³/mol. The molecule has 3 heteroatoms. The fraction of sp³-hybridized carbons (Fsp3) is 0.889. The summed E-state index contributed by atoms with van der Waals surface area (Å²) in [6, 6.07) is 0. The van der Waals surface area contributed by atoms with Crippen LogP contribution in [-0.2, 0) is 0 Å². The zero-order valence-corrected chi connectivity index (χ0v) is 8.59. The molecule has 0 radical (unpaired) electrons. The van der Waals surface area contributed by atoms with Gasteiger partial charge >= 0.3 is 0 Å². The van der Waals surface area contributed by atoms with E-state index in [4.69, 9.17) is 5.84 Å². The van der Waals surface area contributed by atoms with Gasteiger partial charge in [-0.05, 0) is 12.3 Å². The van der Waals surface area contributed by atoms with E-state index in [1.807, 2.05) is 0 Å². The summed E-state index contributed by atoms with van der Waals surface area (Å²) in [5.41, 5.74) is 2.67. The average molecular weight is 171 g/mol. The molecule has 0 heterocycles. The number of nitrogens with two attached hydrogens (primary N) is 1. The lowest BCUT2D eigenvalue weighted by atomic mass is 9.97. The van der Waals surface area contributed by atoms with Crippen LogP contribution >= 0.6 is 0 Å². The monoisotopic (exact) mass is 171 g/mol. The van der Waals surface area contributed by atoms with Crippen LogP contribution in [0.5, 0.6) is 0 Å². The Morgan fingerprint density at radius 3 is 2.33 bits per heavy atom. The molecule has 0 rings (SSSR count). The first-order chi connectivity index (χ1) is 5.63. The second-order valence-electron chi connectivity index (χ2n) is 3.44. The van der Waals surface area contributed by atoms with Crippen LogP contribution in [-0.4, -0.2) is 12.4 Å². The highest BCUT2D eigenvalue weighted by Gasteiger charge is 2.12. The van der Waals surface area contributed by atoms with Crippen LogP contribution in [0.25, 0.3) is 0 Å². The Hall–Kier alpha value is -0.570. The topological polar surface area (TPSA) is 50.4 Å². The largest absolute Gasteiger partial charge is 0.312 e. The number of hydrazine groups is 1. The minimum atomic E-state index is 0.418. The molecule has 0 saturated carbocycles. The molecule has 0 aliphatic carbocycles.